The number of hydrogen-bond donors (Lipinski definition) is 2. The van der Waals surface area contributed by atoms with Crippen LogP contribution >= 0.6 is 0 Å². The maximum absolute atomic E-state index is 11.4. The van der Waals surface area contributed by atoms with Crippen LogP contribution in [0.15, 0.2) is 6.33 Å². The van der Waals surface area contributed by atoms with Crippen LogP contribution in [0.4, 0.5) is 0 Å². The van der Waals surface area contributed by atoms with Crippen molar-refractivity contribution < 1.29 is 9.53 Å². The molecule has 1 amide bonds. The SMILES string of the molecule is CCCn1ncnc1CNCCC(=O)NCCOC. The van der Waals surface area contributed by atoms with Crippen LogP contribution in [0.1, 0.15) is 25.6 Å². The standard InChI is InChI=1S/C12H23N5O2/c1-3-7-17-11(15-10-16-17)9-13-5-4-12(18)14-6-8-19-2/h10,13H,3-9H2,1-2H3,(H,14,18). The van der Waals surface area contributed by atoms with E-state index in [-0.39, 0.29) is 5.91 Å². The first-order valence-electron chi connectivity index (χ1n) is 6.61. The van der Waals surface area contributed by atoms with Crippen molar-refractivity contribution in [3.8, 4) is 0 Å². The second-order valence-corrected chi connectivity index (χ2v) is 4.17. The molecule has 0 aromatic carbocycles. The minimum absolute atomic E-state index is 0.0274. The Morgan fingerprint density at radius 1 is 1.47 bits per heavy atom. The number of nitrogens with one attached hydrogen (secondary N) is 2. The van der Waals surface area contributed by atoms with E-state index in [0.29, 0.717) is 32.7 Å². The number of aryl methyl sites for hydroxylation is 1. The quantitative estimate of drug-likeness (QED) is 0.581. The van der Waals surface area contributed by atoms with Gasteiger partial charge in [0.1, 0.15) is 12.2 Å². The molecule has 7 heteroatoms. The Morgan fingerprint density at radius 2 is 2.32 bits per heavy atom. The first-order valence-corrected chi connectivity index (χ1v) is 6.61. The smallest absolute Gasteiger partial charge is 0.221 e. The Bertz CT molecular complexity index is 367. The highest BCUT2D eigenvalue weighted by Crippen LogP contribution is 1.95. The number of methoxy groups -OCH3 is 1. The molecule has 1 rings (SSSR count). The highest BCUT2D eigenvalue weighted by Gasteiger charge is 2.04. The monoisotopic (exact) mass is 269 g/mol. The van der Waals surface area contributed by atoms with E-state index < -0.39 is 0 Å². The molecule has 0 aliphatic rings. The van der Waals surface area contributed by atoms with Crippen molar-refractivity contribution in [3.63, 3.8) is 0 Å². The molecule has 1 heterocycles. The summed E-state index contributed by atoms with van der Waals surface area (Å²) in [5.74, 6) is 0.932. The fourth-order valence-corrected chi connectivity index (χ4v) is 1.61. The third-order valence-electron chi connectivity index (χ3n) is 2.57. The van der Waals surface area contributed by atoms with Gasteiger partial charge in [-0.25, -0.2) is 9.67 Å². The third-order valence-corrected chi connectivity index (χ3v) is 2.57. The summed E-state index contributed by atoms with van der Waals surface area (Å²) < 4.78 is 6.74. The Kier molecular flexibility index (Phi) is 7.76. The van der Waals surface area contributed by atoms with Crippen LogP contribution in [0.3, 0.4) is 0 Å². The fraction of sp³-hybridized carbons (Fsp3) is 0.750. The van der Waals surface area contributed by atoms with Crippen LogP contribution in [0, 0.1) is 0 Å². The van der Waals surface area contributed by atoms with Crippen molar-refractivity contribution in [3.05, 3.63) is 12.2 Å². The summed E-state index contributed by atoms with van der Waals surface area (Å²) >= 11 is 0. The molecule has 0 aliphatic heterocycles. The van der Waals surface area contributed by atoms with E-state index in [1.54, 1.807) is 13.4 Å². The van der Waals surface area contributed by atoms with Crippen molar-refractivity contribution in [2.75, 3.05) is 26.8 Å². The molecule has 0 fully saturated rings. The number of amides is 1. The molecule has 7 nitrogen and oxygen atoms in total. The van der Waals surface area contributed by atoms with Crippen LogP contribution < -0.4 is 10.6 Å². The molecule has 0 saturated carbocycles. The summed E-state index contributed by atoms with van der Waals surface area (Å²) in [5, 5.41) is 10.1. The number of rotatable bonds is 10. The lowest BCUT2D eigenvalue weighted by Gasteiger charge is -2.07. The van der Waals surface area contributed by atoms with Crippen molar-refractivity contribution in [2.24, 2.45) is 0 Å². The van der Waals surface area contributed by atoms with Crippen LogP contribution in [0.25, 0.3) is 0 Å². The van der Waals surface area contributed by atoms with Gasteiger partial charge in [0.25, 0.3) is 0 Å². The lowest BCUT2D eigenvalue weighted by molar-refractivity contribution is -0.121. The second-order valence-electron chi connectivity index (χ2n) is 4.17. The van der Waals surface area contributed by atoms with Gasteiger partial charge in [-0.1, -0.05) is 6.92 Å². The number of hydrogen-bond acceptors (Lipinski definition) is 5. The molecule has 1 aromatic rings. The summed E-state index contributed by atoms with van der Waals surface area (Å²) in [5.41, 5.74) is 0. The Morgan fingerprint density at radius 3 is 3.05 bits per heavy atom. The summed E-state index contributed by atoms with van der Waals surface area (Å²) in [6.07, 6.45) is 3.04. The maximum atomic E-state index is 11.4. The van der Waals surface area contributed by atoms with Gasteiger partial charge in [-0.15, -0.1) is 0 Å². The number of carbonyl (C=O) groups excluding carboxylic acids is 1. The molecule has 0 aliphatic carbocycles. The maximum Gasteiger partial charge on any atom is 0.221 e. The topological polar surface area (TPSA) is 81.1 Å². The Balaban J connectivity index is 2.13. The summed E-state index contributed by atoms with van der Waals surface area (Å²) in [7, 11) is 1.61. The molecule has 0 radical (unpaired) electrons. The zero-order valence-electron chi connectivity index (χ0n) is 11.7. The predicted octanol–water partition coefficient (Wildman–Crippen LogP) is -0.0696. The molecule has 0 unspecified atom stereocenters. The first-order chi connectivity index (χ1) is 9.27. The zero-order chi connectivity index (χ0) is 13.9. The molecule has 0 bridgehead atoms. The van der Waals surface area contributed by atoms with Gasteiger partial charge in [-0.3, -0.25) is 4.79 Å². The molecule has 0 atom stereocenters. The van der Waals surface area contributed by atoms with Gasteiger partial charge in [0.15, 0.2) is 0 Å². The minimum atomic E-state index is 0.0274. The van der Waals surface area contributed by atoms with E-state index in [9.17, 15) is 4.79 Å². The molecule has 0 spiro atoms. The number of ether oxygens (including phenoxy) is 1. The van der Waals surface area contributed by atoms with Crippen LogP contribution in [0.2, 0.25) is 0 Å². The molecule has 0 saturated heterocycles. The number of aromatic nitrogens is 3. The van der Waals surface area contributed by atoms with Gasteiger partial charge in [0, 0.05) is 33.2 Å². The van der Waals surface area contributed by atoms with Gasteiger partial charge < -0.3 is 15.4 Å². The fourth-order valence-electron chi connectivity index (χ4n) is 1.61. The molecule has 2 N–H and O–H groups in total. The minimum Gasteiger partial charge on any atom is -0.383 e. The number of carbonyl (C=O) groups is 1. The highest BCUT2D eigenvalue weighted by molar-refractivity contribution is 5.75. The third kappa shape index (κ3) is 6.30. The lowest BCUT2D eigenvalue weighted by Crippen LogP contribution is -2.30. The zero-order valence-corrected chi connectivity index (χ0v) is 11.7. The molecular formula is C12H23N5O2. The van der Waals surface area contributed by atoms with Gasteiger partial charge in [0.05, 0.1) is 13.2 Å². The van der Waals surface area contributed by atoms with E-state index in [1.807, 2.05) is 4.68 Å². The van der Waals surface area contributed by atoms with Gasteiger partial charge in [-0.05, 0) is 6.42 Å². The normalized spacial score (nSPS) is 10.6. The van der Waals surface area contributed by atoms with E-state index >= 15 is 0 Å². The molecule has 108 valence electrons. The average molecular weight is 269 g/mol. The predicted molar refractivity (Wildman–Crippen MR) is 71.5 cm³/mol. The summed E-state index contributed by atoms with van der Waals surface area (Å²) in [6, 6.07) is 0. The second kappa shape index (κ2) is 9.46. The van der Waals surface area contributed by atoms with Crippen LogP contribution in [-0.2, 0) is 22.6 Å². The van der Waals surface area contributed by atoms with Gasteiger partial charge >= 0.3 is 0 Å². The van der Waals surface area contributed by atoms with Crippen molar-refractivity contribution in [1.29, 1.82) is 0 Å². The average Bonchev–Trinajstić information content (AvgIpc) is 2.83. The largest absolute Gasteiger partial charge is 0.383 e. The molecular weight excluding hydrogens is 246 g/mol. The van der Waals surface area contributed by atoms with Crippen molar-refractivity contribution >= 4 is 5.91 Å². The van der Waals surface area contributed by atoms with E-state index in [1.165, 1.54) is 0 Å². The van der Waals surface area contributed by atoms with Crippen LogP contribution in [0.5, 0.6) is 0 Å². The van der Waals surface area contributed by atoms with Crippen molar-refractivity contribution in [2.45, 2.75) is 32.9 Å². The van der Waals surface area contributed by atoms with E-state index in [0.717, 1.165) is 18.8 Å². The summed E-state index contributed by atoms with van der Waals surface area (Å²) in [4.78, 5) is 15.6. The Hall–Kier alpha value is -1.47. The van der Waals surface area contributed by atoms with Crippen molar-refractivity contribution in [1.82, 2.24) is 25.4 Å². The van der Waals surface area contributed by atoms with E-state index in [2.05, 4.69) is 27.6 Å². The Labute approximate surface area is 113 Å². The van der Waals surface area contributed by atoms with Gasteiger partial charge in [-0.2, -0.15) is 5.10 Å². The van der Waals surface area contributed by atoms with Crippen LogP contribution in [-0.4, -0.2) is 47.5 Å². The lowest BCUT2D eigenvalue weighted by atomic mass is 10.4. The molecule has 19 heavy (non-hydrogen) atoms. The van der Waals surface area contributed by atoms with E-state index in [4.69, 9.17) is 4.74 Å². The number of nitrogens with zero attached hydrogens (tertiary/aromatic N) is 3. The first kappa shape index (κ1) is 15.6. The van der Waals surface area contributed by atoms with Gasteiger partial charge in [0.2, 0.25) is 5.91 Å². The summed E-state index contributed by atoms with van der Waals surface area (Å²) in [6.45, 7) is 5.32. The highest BCUT2D eigenvalue weighted by atomic mass is 16.5. The molecule has 1 aromatic heterocycles.